The van der Waals surface area contributed by atoms with Crippen molar-refractivity contribution >= 4 is 16.2 Å². The third-order valence-electron chi connectivity index (χ3n) is 8.46. The number of fused-ring (bicyclic) bond motifs is 5. The lowest BCUT2D eigenvalue weighted by Crippen LogP contribution is -2.50. The molecule has 0 aromatic carbocycles. The van der Waals surface area contributed by atoms with E-state index in [4.69, 9.17) is 4.18 Å². The smallest absolute Gasteiger partial charge is 0.217 e. The number of carbonyl (C=O) groups excluding carboxylic acids is 1. The van der Waals surface area contributed by atoms with Gasteiger partial charge in [-0.2, -0.15) is 0 Å². The minimum Gasteiger partial charge on any atom is -0.726 e. The fourth-order valence-corrected chi connectivity index (χ4v) is 7.65. The van der Waals surface area contributed by atoms with Crippen molar-refractivity contribution in [2.45, 2.75) is 78.2 Å². The maximum Gasteiger partial charge on any atom is 0.217 e. The molecule has 3 saturated carbocycles. The average Bonchev–Trinajstić information content (AvgIpc) is 2.91. The quantitative estimate of drug-likeness (QED) is 0.313. The number of allylic oxidation sites excluding steroid dienone is 1. The van der Waals surface area contributed by atoms with Crippen LogP contribution >= 0.6 is 0 Å². The van der Waals surface area contributed by atoms with Crippen LogP contribution in [0.4, 0.5) is 0 Å². The van der Waals surface area contributed by atoms with Gasteiger partial charge in [0.15, 0.2) is 0 Å². The van der Waals surface area contributed by atoms with Gasteiger partial charge < -0.3 is 4.55 Å². The molecule has 4 aliphatic rings. The van der Waals surface area contributed by atoms with E-state index in [1.54, 1.807) is 12.8 Å². The fourth-order valence-electron chi connectivity index (χ4n) is 7.15. The average molecular weight is 395 g/mol. The summed E-state index contributed by atoms with van der Waals surface area (Å²) in [6.07, 6.45) is 9.02. The summed E-state index contributed by atoms with van der Waals surface area (Å²) in [5, 5.41) is 0. The van der Waals surface area contributed by atoms with E-state index >= 15 is 0 Å². The van der Waals surface area contributed by atoms with Crippen LogP contribution in [0.2, 0.25) is 0 Å². The van der Waals surface area contributed by atoms with Crippen molar-refractivity contribution < 1.29 is 21.9 Å². The Balaban J connectivity index is 1.58. The highest BCUT2D eigenvalue weighted by Gasteiger charge is 2.66. The molecule has 0 spiro atoms. The fraction of sp³-hybridized carbons (Fsp3) is 0.810. The minimum atomic E-state index is -4.65. The summed E-state index contributed by atoms with van der Waals surface area (Å²) in [4.78, 5) is 12.2. The van der Waals surface area contributed by atoms with Gasteiger partial charge in [-0.3, -0.25) is 8.98 Å². The first-order valence-electron chi connectivity index (χ1n) is 10.2. The predicted octanol–water partition coefficient (Wildman–Crippen LogP) is 3.96. The molecule has 3 fully saturated rings. The van der Waals surface area contributed by atoms with Crippen LogP contribution in [0.3, 0.4) is 0 Å². The molecule has 4 rings (SSSR count). The summed E-state index contributed by atoms with van der Waals surface area (Å²) in [5.41, 5.74) is 1.39. The number of Topliss-reactive ketones (excluding diaryl/α,β-unsaturated/α-hetero) is 1. The molecule has 150 valence electrons. The molecule has 0 aromatic heterocycles. The topological polar surface area (TPSA) is 83.5 Å². The summed E-state index contributed by atoms with van der Waals surface area (Å²) >= 11 is 0. The summed E-state index contributed by atoms with van der Waals surface area (Å²) in [6.45, 7) is 6.37. The number of carbonyl (C=O) groups is 1. The normalized spacial score (nSPS) is 44.1. The molecule has 0 radical (unpaired) electrons. The van der Waals surface area contributed by atoms with Crippen LogP contribution in [0.1, 0.15) is 72.1 Å². The summed E-state index contributed by atoms with van der Waals surface area (Å²) in [6, 6.07) is 0. The lowest BCUT2D eigenvalue weighted by molar-refractivity contribution is -0.124. The highest BCUT2D eigenvalue weighted by Crippen LogP contribution is 2.67. The maximum absolute atomic E-state index is 12.2. The molecule has 27 heavy (non-hydrogen) atoms. The zero-order valence-corrected chi connectivity index (χ0v) is 17.3. The Morgan fingerprint density at radius 3 is 2.67 bits per heavy atom. The Hall–Kier alpha value is -0.850. The first-order valence-corrected chi connectivity index (χ1v) is 11.6. The molecule has 0 aliphatic heterocycles. The van der Waals surface area contributed by atoms with Crippen molar-refractivity contribution in [2.24, 2.45) is 28.6 Å². The molecular formula is C21H30O5S. The molecule has 5 nitrogen and oxygen atoms in total. The highest BCUT2D eigenvalue weighted by molar-refractivity contribution is 7.80. The van der Waals surface area contributed by atoms with Crippen LogP contribution in [0.25, 0.3) is 0 Å². The molecule has 6 atom stereocenters. The Bertz CT molecular complexity index is 771. The minimum absolute atomic E-state index is 0.0536. The second-order valence-electron chi connectivity index (χ2n) is 9.65. The molecule has 6 heteroatoms. The van der Waals surface area contributed by atoms with Crippen LogP contribution < -0.4 is 0 Å². The van der Waals surface area contributed by atoms with Crippen LogP contribution in [0.5, 0.6) is 0 Å². The van der Waals surface area contributed by atoms with Gasteiger partial charge in [0.2, 0.25) is 10.4 Å². The van der Waals surface area contributed by atoms with E-state index in [9.17, 15) is 17.8 Å². The van der Waals surface area contributed by atoms with E-state index < -0.39 is 16.5 Å². The molecular weight excluding hydrogens is 364 g/mol. The van der Waals surface area contributed by atoms with Crippen molar-refractivity contribution in [3.63, 3.8) is 0 Å². The van der Waals surface area contributed by atoms with E-state index in [0.29, 0.717) is 30.5 Å². The van der Waals surface area contributed by atoms with Crippen LogP contribution in [0.15, 0.2) is 11.6 Å². The summed E-state index contributed by atoms with van der Waals surface area (Å²) in [5.74, 6) is 3.20. The van der Waals surface area contributed by atoms with Gasteiger partial charge in [-0.1, -0.05) is 18.6 Å². The number of rotatable bonds is 3. The number of ketones is 1. The van der Waals surface area contributed by atoms with E-state index in [0.717, 1.165) is 38.5 Å². The second kappa shape index (κ2) is 6.33. The van der Waals surface area contributed by atoms with Crippen LogP contribution in [0, 0.1) is 34.5 Å². The van der Waals surface area contributed by atoms with Crippen molar-refractivity contribution in [2.75, 3.05) is 0 Å². The van der Waals surface area contributed by atoms with Gasteiger partial charge in [-0.15, -0.1) is 0 Å². The van der Waals surface area contributed by atoms with E-state index in [1.165, 1.54) is 5.57 Å². The highest BCUT2D eigenvalue weighted by atomic mass is 32.3. The van der Waals surface area contributed by atoms with Crippen molar-refractivity contribution in [1.29, 1.82) is 0 Å². The van der Waals surface area contributed by atoms with Gasteiger partial charge in [-0.25, -0.2) is 8.42 Å². The third kappa shape index (κ3) is 3.08. The Morgan fingerprint density at radius 1 is 1.26 bits per heavy atom. The SMILES string of the molecule is CC(=O)[C@H]1CC[C+]2C3CC=C4C[C@@H](OS(=O)(=O)[O-])CC[C@]4(C)C3CC[C@@]21C. The molecule has 0 bridgehead atoms. The maximum atomic E-state index is 12.2. The zero-order chi connectivity index (χ0) is 19.6. The molecule has 0 N–H and O–H groups in total. The first-order chi connectivity index (χ1) is 12.5. The Kier molecular flexibility index (Phi) is 4.56. The Labute approximate surface area is 162 Å². The second-order valence-corrected chi connectivity index (χ2v) is 10.7. The van der Waals surface area contributed by atoms with Gasteiger partial charge in [0.05, 0.1) is 18.4 Å². The van der Waals surface area contributed by atoms with Crippen molar-refractivity contribution in [3.8, 4) is 0 Å². The molecule has 4 aliphatic carbocycles. The van der Waals surface area contributed by atoms with Gasteiger partial charge in [-0.05, 0) is 51.4 Å². The van der Waals surface area contributed by atoms with E-state index in [2.05, 4.69) is 19.9 Å². The van der Waals surface area contributed by atoms with Crippen LogP contribution in [-0.4, -0.2) is 24.9 Å². The molecule has 2 unspecified atom stereocenters. The standard InChI is InChI=1S/C21H30O5S/c1-13(22)17-6-7-18-16-5-4-14-12-15(26-27(23,24)25)8-10-20(14,2)19(16)9-11-21(17,18)3/h4,15-17,19H,5-12H2,1-3H3/t15-,16?,17+,19?,20-,21+/m0/s1. The zero-order valence-electron chi connectivity index (χ0n) is 16.5. The van der Waals surface area contributed by atoms with Crippen molar-refractivity contribution in [3.05, 3.63) is 17.6 Å². The van der Waals surface area contributed by atoms with Gasteiger partial charge in [0, 0.05) is 18.8 Å². The van der Waals surface area contributed by atoms with Gasteiger partial charge in [0.1, 0.15) is 23.0 Å². The monoisotopic (exact) mass is 394 g/mol. The van der Waals surface area contributed by atoms with E-state index in [1.807, 2.05) is 0 Å². The number of hydrogen-bond acceptors (Lipinski definition) is 5. The third-order valence-corrected chi connectivity index (χ3v) is 8.97. The molecule has 0 saturated heterocycles. The molecule has 0 aromatic rings. The van der Waals surface area contributed by atoms with Crippen molar-refractivity contribution in [1.82, 2.24) is 0 Å². The summed E-state index contributed by atoms with van der Waals surface area (Å²) < 4.78 is 37.7. The van der Waals surface area contributed by atoms with Crippen LogP contribution in [-0.2, 0) is 19.4 Å². The number of hydrogen-bond donors (Lipinski definition) is 0. The predicted molar refractivity (Wildman–Crippen MR) is 100 cm³/mol. The summed E-state index contributed by atoms with van der Waals surface area (Å²) in [7, 11) is -4.65. The lowest BCUT2D eigenvalue weighted by atomic mass is 9.47. The van der Waals surface area contributed by atoms with Gasteiger partial charge >= 0.3 is 0 Å². The first kappa shape index (κ1) is 19.5. The van der Waals surface area contributed by atoms with Gasteiger partial charge in [0.25, 0.3) is 0 Å². The van der Waals surface area contributed by atoms with E-state index in [-0.39, 0.29) is 16.7 Å². The Morgan fingerprint density at radius 2 is 2.00 bits per heavy atom. The lowest BCUT2D eigenvalue weighted by Gasteiger charge is -2.53. The largest absolute Gasteiger partial charge is 0.726 e. The molecule has 0 heterocycles. The molecule has 0 amide bonds.